The van der Waals surface area contributed by atoms with Gasteiger partial charge in [-0.2, -0.15) is 0 Å². The van der Waals surface area contributed by atoms with Gasteiger partial charge in [-0.3, -0.25) is 0 Å². The molecular formula is C13H23N3O. The van der Waals surface area contributed by atoms with E-state index in [4.69, 9.17) is 10.5 Å². The monoisotopic (exact) mass is 237 g/mol. The van der Waals surface area contributed by atoms with Gasteiger partial charge in [-0.15, -0.1) is 0 Å². The number of imidazole rings is 1. The molecular weight excluding hydrogens is 214 g/mol. The highest BCUT2D eigenvalue weighted by atomic mass is 16.5. The van der Waals surface area contributed by atoms with E-state index < -0.39 is 0 Å². The third-order valence-electron chi connectivity index (χ3n) is 3.73. The summed E-state index contributed by atoms with van der Waals surface area (Å²) in [6.07, 6.45) is 9.19. The lowest BCUT2D eigenvalue weighted by molar-refractivity contribution is -0.0114. The molecule has 1 fully saturated rings. The lowest BCUT2D eigenvalue weighted by Gasteiger charge is -2.30. The Balaban J connectivity index is 1.75. The fraction of sp³-hybridized carbons (Fsp3) is 0.769. The summed E-state index contributed by atoms with van der Waals surface area (Å²) in [5.74, 6) is 1.61. The van der Waals surface area contributed by atoms with Gasteiger partial charge in [0.1, 0.15) is 5.82 Å². The molecule has 0 aliphatic heterocycles. The summed E-state index contributed by atoms with van der Waals surface area (Å²) in [6, 6.07) is 0. The van der Waals surface area contributed by atoms with Crippen LogP contribution in [0.2, 0.25) is 0 Å². The van der Waals surface area contributed by atoms with Crippen LogP contribution in [0.1, 0.15) is 31.5 Å². The third-order valence-corrected chi connectivity index (χ3v) is 3.73. The van der Waals surface area contributed by atoms with E-state index in [9.17, 15) is 0 Å². The molecule has 96 valence electrons. The van der Waals surface area contributed by atoms with Crippen LogP contribution in [0.3, 0.4) is 0 Å². The van der Waals surface area contributed by atoms with E-state index in [1.54, 1.807) is 0 Å². The van der Waals surface area contributed by atoms with E-state index in [-0.39, 0.29) is 0 Å². The van der Waals surface area contributed by atoms with Crippen LogP contribution in [0.4, 0.5) is 0 Å². The van der Waals surface area contributed by atoms with E-state index >= 15 is 0 Å². The number of hydrogen-bond donors (Lipinski definition) is 1. The Labute approximate surface area is 103 Å². The van der Waals surface area contributed by atoms with Gasteiger partial charge < -0.3 is 15.0 Å². The summed E-state index contributed by atoms with van der Waals surface area (Å²) in [6.45, 7) is 4.43. The first-order valence-corrected chi connectivity index (χ1v) is 6.60. The van der Waals surface area contributed by atoms with Gasteiger partial charge in [0.15, 0.2) is 0 Å². The number of hydrogen-bond acceptors (Lipinski definition) is 3. The Morgan fingerprint density at radius 1 is 1.47 bits per heavy atom. The highest BCUT2D eigenvalue weighted by Crippen LogP contribution is 2.25. The molecule has 4 heteroatoms. The number of aromatic nitrogens is 2. The Kier molecular flexibility index (Phi) is 4.57. The molecule has 1 aromatic heterocycles. The Morgan fingerprint density at radius 3 is 3.00 bits per heavy atom. The maximum atomic E-state index is 5.99. The summed E-state index contributed by atoms with van der Waals surface area (Å²) in [4.78, 5) is 4.20. The van der Waals surface area contributed by atoms with Gasteiger partial charge in [0.25, 0.3) is 0 Å². The van der Waals surface area contributed by atoms with Crippen LogP contribution in [-0.4, -0.2) is 28.8 Å². The van der Waals surface area contributed by atoms with Crippen LogP contribution < -0.4 is 5.73 Å². The first-order chi connectivity index (χ1) is 8.31. The zero-order valence-corrected chi connectivity index (χ0v) is 10.6. The van der Waals surface area contributed by atoms with Gasteiger partial charge in [-0.05, 0) is 32.2 Å². The second kappa shape index (κ2) is 6.17. The van der Waals surface area contributed by atoms with E-state index in [0.717, 1.165) is 25.5 Å². The molecule has 1 aliphatic carbocycles. The van der Waals surface area contributed by atoms with Crippen LogP contribution in [0.25, 0.3) is 0 Å². The SMILES string of the molecule is Cc1nccn1CCOC1CCCCC1CN. The van der Waals surface area contributed by atoms with Gasteiger partial charge in [0.05, 0.1) is 12.7 Å². The van der Waals surface area contributed by atoms with E-state index in [0.29, 0.717) is 12.0 Å². The topological polar surface area (TPSA) is 53.1 Å². The predicted octanol–water partition coefficient (Wildman–Crippen LogP) is 1.73. The molecule has 1 aromatic rings. The highest BCUT2D eigenvalue weighted by Gasteiger charge is 2.24. The zero-order chi connectivity index (χ0) is 12.1. The first kappa shape index (κ1) is 12.6. The van der Waals surface area contributed by atoms with Crippen molar-refractivity contribution in [3.05, 3.63) is 18.2 Å². The maximum Gasteiger partial charge on any atom is 0.105 e. The van der Waals surface area contributed by atoms with E-state index in [2.05, 4.69) is 9.55 Å². The molecule has 2 atom stereocenters. The summed E-state index contributed by atoms with van der Waals surface area (Å²) < 4.78 is 8.11. The highest BCUT2D eigenvalue weighted by molar-refractivity contribution is 4.88. The minimum atomic E-state index is 0.373. The molecule has 0 aromatic carbocycles. The van der Waals surface area contributed by atoms with Gasteiger partial charge in [-0.25, -0.2) is 4.98 Å². The second-order valence-corrected chi connectivity index (χ2v) is 4.86. The van der Waals surface area contributed by atoms with Gasteiger partial charge in [0.2, 0.25) is 0 Å². The molecule has 17 heavy (non-hydrogen) atoms. The van der Waals surface area contributed by atoms with Crippen LogP contribution in [-0.2, 0) is 11.3 Å². The lowest BCUT2D eigenvalue weighted by Crippen LogP contribution is -2.33. The standard InChI is InChI=1S/C13H23N3O/c1-11-15-6-7-16(11)8-9-17-13-5-3-2-4-12(13)10-14/h6-7,12-13H,2-5,8-10,14H2,1H3. The summed E-state index contributed by atoms with van der Waals surface area (Å²) in [5, 5.41) is 0. The molecule has 2 rings (SSSR count). The number of aryl methyl sites for hydroxylation is 1. The van der Waals surface area contributed by atoms with Crippen molar-refractivity contribution in [2.75, 3.05) is 13.2 Å². The van der Waals surface area contributed by atoms with Crippen molar-refractivity contribution in [1.29, 1.82) is 0 Å². The van der Waals surface area contributed by atoms with Crippen molar-refractivity contribution in [2.45, 2.75) is 45.3 Å². The third kappa shape index (κ3) is 3.30. The molecule has 0 amide bonds. The predicted molar refractivity (Wildman–Crippen MR) is 67.7 cm³/mol. The Hall–Kier alpha value is -0.870. The van der Waals surface area contributed by atoms with Gasteiger partial charge >= 0.3 is 0 Å². The second-order valence-electron chi connectivity index (χ2n) is 4.86. The zero-order valence-electron chi connectivity index (χ0n) is 10.6. The van der Waals surface area contributed by atoms with Crippen molar-refractivity contribution in [3.8, 4) is 0 Å². The number of rotatable bonds is 5. The number of ether oxygens (including phenoxy) is 1. The van der Waals surface area contributed by atoms with Crippen LogP contribution in [0.15, 0.2) is 12.4 Å². The smallest absolute Gasteiger partial charge is 0.105 e. The van der Waals surface area contributed by atoms with E-state index in [1.165, 1.54) is 25.7 Å². The molecule has 1 heterocycles. The molecule has 0 radical (unpaired) electrons. The lowest BCUT2D eigenvalue weighted by atomic mass is 9.86. The average Bonchev–Trinajstić information content (AvgIpc) is 2.76. The van der Waals surface area contributed by atoms with Crippen molar-refractivity contribution in [1.82, 2.24) is 9.55 Å². The normalized spacial score (nSPS) is 25.1. The summed E-state index contributed by atoms with van der Waals surface area (Å²) in [5.41, 5.74) is 5.79. The quantitative estimate of drug-likeness (QED) is 0.848. The minimum Gasteiger partial charge on any atom is -0.376 e. The van der Waals surface area contributed by atoms with Crippen LogP contribution in [0, 0.1) is 12.8 Å². The molecule has 1 saturated carbocycles. The van der Waals surface area contributed by atoms with Crippen LogP contribution in [0.5, 0.6) is 0 Å². The van der Waals surface area contributed by atoms with Crippen molar-refractivity contribution in [3.63, 3.8) is 0 Å². The van der Waals surface area contributed by atoms with Crippen molar-refractivity contribution < 1.29 is 4.74 Å². The van der Waals surface area contributed by atoms with E-state index in [1.807, 2.05) is 19.3 Å². The molecule has 2 unspecified atom stereocenters. The Bertz CT molecular complexity index is 337. The number of nitrogens with two attached hydrogens (primary N) is 1. The fourth-order valence-corrected chi connectivity index (χ4v) is 2.61. The molecule has 0 saturated heterocycles. The molecule has 0 spiro atoms. The molecule has 2 N–H and O–H groups in total. The Morgan fingerprint density at radius 2 is 2.29 bits per heavy atom. The minimum absolute atomic E-state index is 0.373. The van der Waals surface area contributed by atoms with Crippen molar-refractivity contribution >= 4 is 0 Å². The average molecular weight is 237 g/mol. The molecule has 4 nitrogen and oxygen atoms in total. The first-order valence-electron chi connectivity index (χ1n) is 6.60. The maximum absolute atomic E-state index is 5.99. The molecule has 1 aliphatic rings. The van der Waals surface area contributed by atoms with Crippen molar-refractivity contribution in [2.24, 2.45) is 11.7 Å². The van der Waals surface area contributed by atoms with Crippen LogP contribution >= 0.6 is 0 Å². The fourth-order valence-electron chi connectivity index (χ4n) is 2.61. The van der Waals surface area contributed by atoms with Gasteiger partial charge in [0, 0.05) is 18.9 Å². The largest absolute Gasteiger partial charge is 0.376 e. The van der Waals surface area contributed by atoms with Gasteiger partial charge in [-0.1, -0.05) is 12.8 Å². The number of nitrogens with zero attached hydrogens (tertiary/aromatic N) is 2. The summed E-state index contributed by atoms with van der Waals surface area (Å²) in [7, 11) is 0. The summed E-state index contributed by atoms with van der Waals surface area (Å²) >= 11 is 0. The molecule has 0 bridgehead atoms.